The van der Waals surface area contributed by atoms with Crippen LogP contribution in [0.1, 0.15) is 64.3 Å². The van der Waals surface area contributed by atoms with Crippen molar-refractivity contribution in [3.8, 4) is 5.75 Å². The first-order valence-electron chi connectivity index (χ1n) is 13.1. The Morgan fingerprint density at radius 1 is 0.846 bits per heavy atom. The molecule has 1 heterocycles. The number of methoxy groups -OCH3 is 1. The van der Waals surface area contributed by atoms with Gasteiger partial charge in [0, 0.05) is 12.5 Å². The van der Waals surface area contributed by atoms with E-state index in [1.165, 1.54) is 30.7 Å². The molecule has 0 saturated heterocycles. The van der Waals surface area contributed by atoms with Gasteiger partial charge in [0.1, 0.15) is 12.4 Å². The zero-order valence-electron chi connectivity index (χ0n) is 21.8. The van der Waals surface area contributed by atoms with E-state index in [2.05, 4.69) is 0 Å². The van der Waals surface area contributed by atoms with E-state index in [1.54, 1.807) is 37.4 Å². The lowest BCUT2D eigenvalue weighted by Crippen LogP contribution is -2.41. The molecule has 2 aliphatic rings. The normalized spacial score (nSPS) is 16.2. The van der Waals surface area contributed by atoms with Crippen LogP contribution in [-0.2, 0) is 23.9 Å². The highest BCUT2D eigenvalue weighted by Gasteiger charge is 2.38. The molecule has 206 valence electrons. The Morgan fingerprint density at radius 2 is 1.56 bits per heavy atom. The molecule has 9 nitrogen and oxygen atoms in total. The lowest BCUT2D eigenvalue weighted by Gasteiger charge is -2.26. The molecule has 1 saturated carbocycles. The number of ether oxygens (including phenoxy) is 3. The van der Waals surface area contributed by atoms with E-state index >= 15 is 0 Å². The smallest absolute Gasteiger partial charge is 0.318 e. The van der Waals surface area contributed by atoms with Crippen molar-refractivity contribution in [2.24, 2.45) is 0 Å². The maximum atomic E-state index is 13.4. The summed E-state index contributed by atoms with van der Waals surface area (Å²) in [7, 11) is -2.87. The average Bonchev–Trinajstić information content (AvgIpc) is 2.96. The summed E-state index contributed by atoms with van der Waals surface area (Å²) in [6.07, 6.45) is 5.71. The number of hydroxylamine groups is 2. The highest BCUT2D eigenvalue weighted by molar-refractivity contribution is 7.86. The Bertz CT molecular complexity index is 1460. The van der Waals surface area contributed by atoms with Crippen LogP contribution in [0.15, 0.2) is 59.5 Å². The van der Waals surface area contributed by atoms with Gasteiger partial charge in [-0.2, -0.15) is 8.42 Å². The van der Waals surface area contributed by atoms with Crippen molar-refractivity contribution < 1.29 is 36.5 Å². The number of benzene rings is 3. The Morgan fingerprint density at radius 3 is 2.31 bits per heavy atom. The maximum absolute atomic E-state index is 13.4. The van der Waals surface area contributed by atoms with Crippen molar-refractivity contribution in [1.82, 2.24) is 5.06 Å². The van der Waals surface area contributed by atoms with Gasteiger partial charge in [-0.3, -0.25) is 9.59 Å². The summed E-state index contributed by atoms with van der Waals surface area (Å²) in [5, 5.41) is 1.35. The second-order valence-electron chi connectivity index (χ2n) is 9.67. The highest BCUT2D eigenvalue weighted by Crippen LogP contribution is 2.35. The van der Waals surface area contributed by atoms with Crippen molar-refractivity contribution in [3.05, 3.63) is 71.3 Å². The Balaban J connectivity index is 1.36. The van der Waals surface area contributed by atoms with E-state index in [0.29, 0.717) is 47.3 Å². The summed E-state index contributed by atoms with van der Waals surface area (Å²) in [4.78, 5) is 26.5. The Labute approximate surface area is 227 Å². The number of imide groups is 1. The zero-order valence-corrected chi connectivity index (χ0v) is 22.6. The Hall–Kier alpha value is -3.31. The monoisotopic (exact) mass is 553 g/mol. The Kier molecular flexibility index (Phi) is 8.27. The van der Waals surface area contributed by atoms with Crippen LogP contribution in [0.25, 0.3) is 10.8 Å². The van der Waals surface area contributed by atoms with Crippen molar-refractivity contribution in [2.45, 2.75) is 42.9 Å². The molecule has 1 aliphatic heterocycles. The third-order valence-corrected chi connectivity index (χ3v) is 8.32. The van der Waals surface area contributed by atoms with Gasteiger partial charge in [-0.1, -0.05) is 43.5 Å². The van der Waals surface area contributed by atoms with E-state index < -0.39 is 21.9 Å². The molecule has 0 radical (unpaired) electrons. The van der Waals surface area contributed by atoms with Crippen LogP contribution in [0, 0.1) is 0 Å². The van der Waals surface area contributed by atoms with Crippen LogP contribution >= 0.6 is 0 Å². The first-order valence-corrected chi connectivity index (χ1v) is 14.5. The van der Waals surface area contributed by atoms with Gasteiger partial charge in [-0.25, -0.2) is 0 Å². The highest BCUT2D eigenvalue weighted by atomic mass is 32.2. The van der Waals surface area contributed by atoms with Crippen LogP contribution in [0.4, 0.5) is 0 Å². The van der Waals surface area contributed by atoms with Crippen molar-refractivity contribution in [2.75, 3.05) is 33.5 Å². The van der Waals surface area contributed by atoms with Gasteiger partial charge in [0.05, 0.1) is 35.8 Å². The lowest BCUT2D eigenvalue weighted by molar-refractivity contribution is -0.0155. The molecule has 10 heteroatoms. The SMILES string of the molecule is COCCOCCOc1cc2c3c(cccc3c1)C(=O)N(OS(=O)(=O)c1ccc(C3CCCCC3)cc1)C2=O. The molecule has 0 N–H and O–H groups in total. The molecule has 5 rings (SSSR count). The number of rotatable bonds is 11. The molecule has 0 bridgehead atoms. The molecular formula is C29H31NO8S. The van der Waals surface area contributed by atoms with E-state index in [0.717, 1.165) is 31.2 Å². The molecule has 2 amide bonds. The van der Waals surface area contributed by atoms with Gasteiger partial charge in [-0.15, -0.1) is 9.35 Å². The van der Waals surface area contributed by atoms with Gasteiger partial charge >= 0.3 is 10.1 Å². The fourth-order valence-electron chi connectivity index (χ4n) is 5.16. The van der Waals surface area contributed by atoms with Gasteiger partial charge in [0.15, 0.2) is 0 Å². The topological polar surface area (TPSA) is 108 Å². The fraction of sp³-hybridized carbons (Fsp3) is 0.379. The van der Waals surface area contributed by atoms with Gasteiger partial charge in [0.25, 0.3) is 11.8 Å². The van der Waals surface area contributed by atoms with Crippen LogP contribution in [-0.4, -0.2) is 58.8 Å². The quantitative estimate of drug-likeness (QED) is 0.245. The molecular weight excluding hydrogens is 522 g/mol. The number of carbonyl (C=O) groups is 2. The van der Waals surface area contributed by atoms with E-state index in [9.17, 15) is 18.0 Å². The summed E-state index contributed by atoms with van der Waals surface area (Å²) in [6, 6.07) is 14.6. The standard InChI is InChI=1S/C29H31NO8S/c1-35-14-15-36-16-17-37-23-18-22-8-5-9-25-27(22)26(19-23)29(32)30(28(25)31)38-39(33,34)24-12-10-21(11-13-24)20-6-3-2-4-7-20/h5,8-13,18-20H,2-4,6-7,14-17H2,1H3. The van der Waals surface area contributed by atoms with Crippen molar-refractivity contribution >= 4 is 32.7 Å². The van der Waals surface area contributed by atoms with Gasteiger partial charge in [-0.05, 0) is 60.0 Å². The minimum atomic E-state index is -4.45. The molecule has 1 aliphatic carbocycles. The van der Waals surface area contributed by atoms with E-state index in [1.807, 2.05) is 0 Å². The number of hydrogen-bond acceptors (Lipinski definition) is 8. The first kappa shape index (κ1) is 27.3. The summed E-state index contributed by atoms with van der Waals surface area (Å²) < 4.78 is 47.5. The molecule has 0 atom stereocenters. The van der Waals surface area contributed by atoms with Crippen molar-refractivity contribution in [1.29, 1.82) is 0 Å². The second-order valence-corrected chi connectivity index (χ2v) is 11.2. The zero-order chi connectivity index (χ0) is 27.4. The van der Waals surface area contributed by atoms with Gasteiger partial charge in [0.2, 0.25) is 0 Å². The minimum Gasteiger partial charge on any atom is -0.491 e. The van der Waals surface area contributed by atoms with Crippen molar-refractivity contribution in [3.63, 3.8) is 0 Å². The predicted molar refractivity (Wildman–Crippen MR) is 143 cm³/mol. The van der Waals surface area contributed by atoms with Crippen LogP contribution < -0.4 is 4.74 Å². The van der Waals surface area contributed by atoms with Crippen LogP contribution in [0.3, 0.4) is 0 Å². The largest absolute Gasteiger partial charge is 0.491 e. The molecule has 0 aromatic heterocycles. The molecule has 3 aromatic rings. The molecule has 0 unspecified atom stereocenters. The second kappa shape index (κ2) is 11.8. The molecule has 1 fully saturated rings. The molecule has 39 heavy (non-hydrogen) atoms. The van der Waals surface area contributed by atoms with Gasteiger partial charge < -0.3 is 14.2 Å². The number of hydrogen-bond donors (Lipinski definition) is 0. The van der Waals surface area contributed by atoms with Crippen LogP contribution in [0.2, 0.25) is 0 Å². The molecule has 3 aromatic carbocycles. The predicted octanol–water partition coefficient (Wildman–Crippen LogP) is 4.85. The minimum absolute atomic E-state index is 0.112. The third-order valence-electron chi connectivity index (χ3n) is 7.13. The maximum Gasteiger partial charge on any atom is 0.318 e. The van der Waals surface area contributed by atoms with E-state index in [-0.39, 0.29) is 22.6 Å². The summed E-state index contributed by atoms with van der Waals surface area (Å²) in [6.45, 7) is 1.44. The van der Waals surface area contributed by atoms with E-state index in [4.69, 9.17) is 18.5 Å². The number of carbonyl (C=O) groups excluding carboxylic acids is 2. The summed E-state index contributed by atoms with van der Waals surface area (Å²) in [5.74, 6) is -0.936. The molecule has 0 spiro atoms. The number of nitrogens with zero attached hydrogens (tertiary/aromatic N) is 1. The summed E-state index contributed by atoms with van der Waals surface area (Å²) >= 11 is 0. The third kappa shape index (κ3) is 5.84. The average molecular weight is 554 g/mol. The first-order chi connectivity index (χ1) is 18.9. The summed E-state index contributed by atoms with van der Waals surface area (Å²) in [5.41, 5.74) is 1.36. The lowest BCUT2D eigenvalue weighted by atomic mass is 9.84. The fourth-order valence-corrected chi connectivity index (χ4v) is 6.04. The number of amides is 2. The van der Waals surface area contributed by atoms with Crippen LogP contribution in [0.5, 0.6) is 5.75 Å².